The van der Waals surface area contributed by atoms with Gasteiger partial charge < -0.3 is 14.7 Å². The predicted molar refractivity (Wildman–Crippen MR) is 117 cm³/mol. The van der Waals surface area contributed by atoms with E-state index in [1.807, 2.05) is 13.8 Å². The Balaban J connectivity index is 0. The molecule has 0 spiro atoms. The van der Waals surface area contributed by atoms with Gasteiger partial charge in [0.05, 0.1) is 11.5 Å². The van der Waals surface area contributed by atoms with Gasteiger partial charge in [0.1, 0.15) is 6.61 Å². The summed E-state index contributed by atoms with van der Waals surface area (Å²) in [4.78, 5) is 14.3. The first-order valence-electron chi connectivity index (χ1n) is 11.4. The van der Waals surface area contributed by atoms with Crippen molar-refractivity contribution in [2.24, 2.45) is 5.41 Å². The summed E-state index contributed by atoms with van der Waals surface area (Å²) in [6.07, 6.45) is 10.1. The van der Waals surface area contributed by atoms with E-state index < -0.39 is 6.10 Å². The van der Waals surface area contributed by atoms with E-state index in [4.69, 9.17) is 9.84 Å². The second kappa shape index (κ2) is 18.7. The first-order chi connectivity index (χ1) is 12.8. The van der Waals surface area contributed by atoms with Crippen LogP contribution in [0, 0.1) is 5.41 Å². The van der Waals surface area contributed by atoms with Gasteiger partial charge in [-0.25, -0.2) is 0 Å². The average molecular weight is 388 g/mol. The molecule has 0 radical (unpaired) electrons. The summed E-state index contributed by atoms with van der Waals surface area (Å²) in [5.74, 6) is -0.192. The number of aliphatic hydroxyl groups excluding tert-OH is 1. The monoisotopic (exact) mass is 387 g/mol. The van der Waals surface area contributed by atoms with Gasteiger partial charge in [-0.05, 0) is 65.6 Å². The smallest absolute Gasteiger partial charge is 0.311 e. The van der Waals surface area contributed by atoms with Crippen LogP contribution < -0.4 is 0 Å². The van der Waals surface area contributed by atoms with Gasteiger partial charge in [0, 0.05) is 0 Å². The average Bonchev–Trinajstić information content (AvgIpc) is 2.66. The molecular formula is C23H49NO3. The summed E-state index contributed by atoms with van der Waals surface area (Å²) < 4.78 is 5.02. The van der Waals surface area contributed by atoms with Gasteiger partial charge in [-0.2, -0.15) is 0 Å². The first kappa shape index (κ1) is 28.6. The molecule has 0 aromatic heterocycles. The molecule has 27 heavy (non-hydrogen) atoms. The van der Waals surface area contributed by atoms with Crippen molar-refractivity contribution in [2.45, 2.75) is 112 Å². The Labute approximate surface area is 170 Å². The molecule has 0 aliphatic carbocycles. The highest BCUT2D eigenvalue weighted by molar-refractivity contribution is 5.76. The molecule has 0 rings (SSSR count). The number of unbranched alkanes of at least 4 members (excludes halogenated alkanes) is 3. The third-order valence-corrected chi connectivity index (χ3v) is 5.01. The molecule has 0 aliphatic rings. The van der Waals surface area contributed by atoms with Crippen molar-refractivity contribution >= 4 is 5.97 Å². The second-order valence-electron chi connectivity index (χ2n) is 8.01. The van der Waals surface area contributed by atoms with E-state index in [2.05, 4.69) is 32.6 Å². The van der Waals surface area contributed by atoms with Crippen LogP contribution >= 0.6 is 0 Å². The van der Waals surface area contributed by atoms with Gasteiger partial charge in [0.15, 0.2) is 0 Å². The van der Waals surface area contributed by atoms with Gasteiger partial charge in [0.2, 0.25) is 0 Å². The Morgan fingerprint density at radius 3 is 1.67 bits per heavy atom. The van der Waals surface area contributed by atoms with Gasteiger partial charge in [0.25, 0.3) is 0 Å². The van der Waals surface area contributed by atoms with E-state index in [1.165, 1.54) is 58.2 Å². The largest absolute Gasteiger partial charge is 0.463 e. The minimum Gasteiger partial charge on any atom is -0.463 e. The van der Waals surface area contributed by atoms with E-state index in [1.54, 1.807) is 6.92 Å². The third kappa shape index (κ3) is 16.1. The molecule has 0 bridgehead atoms. The normalized spacial score (nSPS) is 14.3. The van der Waals surface area contributed by atoms with E-state index in [0.29, 0.717) is 0 Å². The fraction of sp³-hybridized carbons (Fsp3) is 0.957. The number of hydrogen-bond donors (Lipinski definition) is 1. The van der Waals surface area contributed by atoms with E-state index in [0.717, 1.165) is 19.3 Å². The maximum atomic E-state index is 11.7. The van der Waals surface area contributed by atoms with Gasteiger partial charge in [-0.15, -0.1) is 0 Å². The number of nitrogens with zero attached hydrogens (tertiary/aromatic N) is 1. The molecule has 0 fully saturated rings. The van der Waals surface area contributed by atoms with Gasteiger partial charge >= 0.3 is 5.97 Å². The lowest BCUT2D eigenvalue weighted by Crippen LogP contribution is -2.31. The van der Waals surface area contributed by atoms with Crippen LogP contribution in [0.3, 0.4) is 0 Å². The molecule has 1 N–H and O–H groups in total. The summed E-state index contributed by atoms with van der Waals surface area (Å²) in [7, 11) is 0. The van der Waals surface area contributed by atoms with Crippen molar-refractivity contribution in [3.8, 4) is 0 Å². The topological polar surface area (TPSA) is 49.8 Å². The van der Waals surface area contributed by atoms with Crippen molar-refractivity contribution in [2.75, 3.05) is 26.2 Å². The molecule has 0 heterocycles. The Morgan fingerprint density at radius 1 is 0.926 bits per heavy atom. The van der Waals surface area contributed by atoms with Crippen LogP contribution in [0.4, 0.5) is 0 Å². The highest BCUT2D eigenvalue weighted by Crippen LogP contribution is 2.28. The second-order valence-corrected chi connectivity index (χ2v) is 8.01. The summed E-state index contributed by atoms with van der Waals surface area (Å²) in [6.45, 7) is 18.4. The number of carbonyl (C=O) groups is 1. The Bertz CT molecular complexity index is 315. The molecule has 0 amide bonds. The summed E-state index contributed by atoms with van der Waals surface area (Å²) in [6, 6.07) is 0. The van der Waals surface area contributed by atoms with Crippen LogP contribution in [0.2, 0.25) is 0 Å². The van der Waals surface area contributed by atoms with Crippen LogP contribution in [-0.2, 0) is 9.53 Å². The zero-order chi connectivity index (χ0) is 21.1. The highest BCUT2D eigenvalue weighted by Gasteiger charge is 2.31. The van der Waals surface area contributed by atoms with Gasteiger partial charge in [-0.1, -0.05) is 60.3 Å². The Hall–Kier alpha value is -0.610. The van der Waals surface area contributed by atoms with Gasteiger partial charge in [-0.3, -0.25) is 4.79 Å². The SMILES string of the molecule is CCCC(C)(CC)C(=O)OCC(C)O.CCCCN(CCCC)CCCC. The number of hydrogen-bond acceptors (Lipinski definition) is 4. The molecule has 0 saturated heterocycles. The lowest BCUT2D eigenvalue weighted by molar-refractivity contribution is -0.158. The highest BCUT2D eigenvalue weighted by atomic mass is 16.5. The standard InChI is InChI=1S/C12H27N.C11H22O3/c1-4-7-10-13(11-8-5-2)12-9-6-3;1-5-7-11(4,6-2)10(13)14-8-9(3)12/h4-12H2,1-3H3;9,12H,5-8H2,1-4H3. The van der Waals surface area contributed by atoms with Crippen molar-refractivity contribution in [3.63, 3.8) is 0 Å². The third-order valence-electron chi connectivity index (χ3n) is 5.01. The van der Waals surface area contributed by atoms with E-state index in [-0.39, 0.29) is 18.0 Å². The quantitative estimate of drug-likeness (QED) is 0.360. The fourth-order valence-electron chi connectivity index (χ4n) is 2.83. The lowest BCUT2D eigenvalue weighted by atomic mass is 9.83. The number of carbonyl (C=O) groups excluding carboxylic acids is 1. The molecular weight excluding hydrogens is 338 g/mol. The Morgan fingerprint density at radius 2 is 1.37 bits per heavy atom. The molecule has 4 heteroatoms. The van der Waals surface area contributed by atoms with Crippen molar-refractivity contribution in [3.05, 3.63) is 0 Å². The molecule has 0 aliphatic heterocycles. The van der Waals surface area contributed by atoms with Crippen LogP contribution in [-0.4, -0.2) is 48.3 Å². The Kier molecular flexibility index (Phi) is 19.8. The minimum atomic E-state index is -0.582. The summed E-state index contributed by atoms with van der Waals surface area (Å²) in [5, 5.41) is 8.99. The summed E-state index contributed by atoms with van der Waals surface area (Å²) >= 11 is 0. The van der Waals surface area contributed by atoms with E-state index in [9.17, 15) is 4.79 Å². The maximum absolute atomic E-state index is 11.7. The summed E-state index contributed by atoms with van der Waals surface area (Å²) in [5.41, 5.74) is -0.385. The minimum absolute atomic E-state index is 0.0954. The zero-order valence-electron chi connectivity index (χ0n) is 19.5. The molecule has 2 unspecified atom stereocenters. The number of ether oxygens (including phenoxy) is 1. The molecule has 0 aromatic rings. The molecule has 0 aromatic carbocycles. The van der Waals surface area contributed by atoms with E-state index >= 15 is 0 Å². The molecule has 4 nitrogen and oxygen atoms in total. The van der Waals surface area contributed by atoms with Crippen LogP contribution in [0.1, 0.15) is 106 Å². The molecule has 164 valence electrons. The molecule has 0 saturated carbocycles. The van der Waals surface area contributed by atoms with Crippen LogP contribution in [0.25, 0.3) is 0 Å². The van der Waals surface area contributed by atoms with Crippen molar-refractivity contribution < 1.29 is 14.6 Å². The predicted octanol–water partition coefficient (Wildman–Crippen LogP) is 5.82. The van der Waals surface area contributed by atoms with Crippen LogP contribution in [0.5, 0.6) is 0 Å². The van der Waals surface area contributed by atoms with Crippen LogP contribution in [0.15, 0.2) is 0 Å². The van der Waals surface area contributed by atoms with Crippen molar-refractivity contribution in [1.29, 1.82) is 0 Å². The first-order valence-corrected chi connectivity index (χ1v) is 11.4. The zero-order valence-corrected chi connectivity index (χ0v) is 19.5. The fourth-order valence-corrected chi connectivity index (χ4v) is 2.83. The lowest BCUT2D eigenvalue weighted by Gasteiger charge is -2.25. The number of esters is 1. The number of rotatable bonds is 15. The number of aliphatic hydroxyl groups is 1. The maximum Gasteiger partial charge on any atom is 0.311 e. The van der Waals surface area contributed by atoms with Crippen molar-refractivity contribution in [1.82, 2.24) is 4.90 Å². The molecule has 2 atom stereocenters.